The summed E-state index contributed by atoms with van der Waals surface area (Å²) in [5.74, 6) is 0.193. The largest absolute Gasteiger partial charge is 0.335 e. The van der Waals surface area contributed by atoms with Crippen molar-refractivity contribution < 1.29 is 4.79 Å². The highest BCUT2D eigenvalue weighted by Crippen LogP contribution is 2.19. The second-order valence-electron chi connectivity index (χ2n) is 4.23. The highest BCUT2D eigenvalue weighted by Gasteiger charge is 2.22. The van der Waals surface area contributed by atoms with Gasteiger partial charge in [-0.2, -0.15) is 0 Å². The Morgan fingerprint density at radius 1 is 1.62 bits per heavy atom. The molecule has 1 amide bonds. The van der Waals surface area contributed by atoms with Gasteiger partial charge in [-0.15, -0.1) is 11.3 Å². The van der Waals surface area contributed by atoms with Crippen LogP contribution in [0.4, 0.5) is 0 Å². The Hall–Kier alpha value is -0.870. The first-order valence-electron chi connectivity index (χ1n) is 5.82. The lowest BCUT2D eigenvalue weighted by Crippen LogP contribution is -2.51. The molecule has 1 unspecified atom stereocenters. The monoisotopic (exact) mass is 238 g/mol. The molecule has 0 saturated carbocycles. The third kappa shape index (κ3) is 2.44. The molecule has 2 rings (SSSR count). The van der Waals surface area contributed by atoms with Crippen LogP contribution < -0.4 is 5.32 Å². The number of rotatable bonds is 2. The van der Waals surface area contributed by atoms with E-state index >= 15 is 0 Å². The van der Waals surface area contributed by atoms with Gasteiger partial charge in [0.05, 0.1) is 4.88 Å². The maximum atomic E-state index is 12.2. The molecule has 0 aromatic carbocycles. The number of nitrogens with zero attached hydrogens (tertiary/aromatic N) is 1. The van der Waals surface area contributed by atoms with E-state index in [0.29, 0.717) is 6.04 Å². The molecule has 0 aliphatic carbocycles. The van der Waals surface area contributed by atoms with E-state index in [1.807, 2.05) is 11.0 Å². The third-order valence-corrected chi connectivity index (χ3v) is 4.09. The molecule has 1 aliphatic heterocycles. The van der Waals surface area contributed by atoms with Gasteiger partial charge in [-0.1, -0.05) is 6.92 Å². The van der Waals surface area contributed by atoms with Crippen LogP contribution in [0, 0.1) is 0 Å². The van der Waals surface area contributed by atoms with E-state index in [0.717, 1.165) is 30.9 Å². The summed E-state index contributed by atoms with van der Waals surface area (Å²) < 4.78 is 0. The summed E-state index contributed by atoms with van der Waals surface area (Å²) in [7, 11) is 0. The van der Waals surface area contributed by atoms with Crippen LogP contribution in [0.2, 0.25) is 0 Å². The quantitative estimate of drug-likeness (QED) is 0.851. The lowest BCUT2D eigenvalue weighted by Gasteiger charge is -2.31. The minimum atomic E-state index is 0.193. The molecule has 0 bridgehead atoms. The molecule has 1 fully saturated rings. The summed E-state index contributed by atoms with van der Waals surface area (Å²) in [6, 6.07) is 4.42. The normalized spacial score (nSPS) is 21.1. The van der Waals surface area contributed by atoms with E-state index in [4.69, 9.17) is 0 Å². The number of thiophene rings is 1. The predicted octanol–water partition coefficient (Wildman–Crippen LogP) is 1.74. The van der Waals surface area contributed by atoms with E-state index in [-0.39, 0.29) is 5.91 Å². The summed E-state index contributed by atoms with van der Waals surface area (Å²) in [5, 5.41) is 3.34. The molecule has 1 atom stereocenters. The van der Waals surface area contributed by atoms with Crippen molar-refractivity contribution in [2.75, 3.05) is 19.6 Å². The molecule has 1 saturated heterocycles. The number of carbonyl (C=O) groups excluding carboxylic acids is 1. The van der Waals surface area contributed by atoms with Gasteiger partial charge in [0.25, 0.3) is 5.91 Å². The Morgan fingerprint density at radius 2 is 2.44 bits per heavy atom. The molecule has 4 heteroatoms. The molecule has 3 nitrogen and oxygen atoms in total. The van der Waals surface area contributed by atoms with E-state index in [9.17, 15) is 4.79 Å². The first-order valence-corrected chi connectivity index (χ1v) is 6.63. The number of piperazine rings is 1. The molecule has 0 radical (unpaired) electrons. The summed E-state index contributed by atoms with van der Waals surface area (Å²) in [4.78, 5) is 16.3. The third-order valence-electron chi connectivity index (χ3n) is 2.88. The van der Waals surface area contributed by atoms with Crippen molar-refractivity contribution in [1.82, 2.24) is 10.2 Å². The van der Waals surface area contributed by atoms with Gasteiger partial charge >= 0.3 is 0 Å². The second kappa shape index (κ2) is 4.97. The molecule has 88 valence electrons. The number of hydrogen-bond acceptors (Lipinski definition) is 3. The lowest BCUT2D eigenvalue weighted by molar-refractivity contribution is 0.0714. The topological polar surface area (TPSA) is 32.3 Å². The van der Waals surface area contributed by atoms with Gasteiger partial charge in [0.2, 0.25) is 0 Å². The van der Waals surface area contributed by atoms with Crippen molar-refractivity contribution in [3.63, 3.8) is 0 Å². The Bertz CT molecular complexity index is 375. The number of amides is 1. The van der Waals surface area contributed by atoms with Crippen LogP contribution in [0.3, 0.4) is 0 Å². The van der Waals surface area contributed by atoms with Crippen molar-refractivity contribution in [2.24, 2.45) is 0 Å². The molecule has 0 spiro atoms. The van der Waals surface area contributed by atoms with Crippen LogP contribution in [0.15, 0.2) is 12.1 Å². The van der Waals surface area contributed by atoms with Gasteiger partial charge in [-0.05, 0) is 25.5 Å². The molecule has 1 aromatic rings. The highest BCUT2D eigenvalue weighted by molar-refractivity contribution is 7.14. The van der Waals surface area contributed by atoms with Gasteiger partial charge in [-0.25, -0.2) is 0 Å². The SMILES string of the molecule is CCc1ccc(C(=O)N2CCNC(C)C2)s1. The lowest BCUT2D eigenvalue weighted by atomic mass is 10.2. The fourth-order valence-electron chi connectivity index (χ4n) is 1.96. The molecule has 1 N–H and O–H groups in total. The Balaban J connectivity index is 2.06. The van der Waals surface area contributed by atoms with Crippen LogP contribution >= 0.6 is 11.3 Å². The van der Waals surface area contributed by atoms with Crippen LogP contribution in [-0.2, 0) is 6.42 Å². The van der Waals surface area contributed by atoms with Crippen molar-refractivity contribution in [3.05, 3.63) is 21.9 Å². The smallest absolute Gasteiger partial charge is 0.264 e. The minimum absolute atomic E-state index is 0.193. The zero-order valence-corrected chi connectivity index (χ0v) is 10.6. The highest BCUT2D eigenvalue weighted by atomic mass is 32.1. The van der Waals surface area contributed by atoms with Crippen molar-refractivity contribution in [3.8, 4) is 0 Å². The predicted molar refractivity (Wildman–Crippen MR) is 67.1 cm³/mol. The van der Waals surface area contributed by atoms with Crippen molar-refractivity contribution >= 4 is 17.2 Å². The Labute approximate surface area is 100 Å². The number of aryl methyl sites for hydroxylation is 1. The average molecular weight is 238 g/mol. The number of hydrogen-bond donors (Lipinski definition) is 1. The first-order chi connectivity index (χ1) is 7.70. The van der Waals surface area contributed by atoms with E-state index in [1.54, 1.807) is 11.3 Å². The van der Waals surface area contributed by atoms with E-state index in [1.165, 1.54) is 4.88 Å². The number of carbonyl (C=O) groups is 1. The standard InChI is InChI=1S/C12H18N2OS/c1-3-10-4-5-11(16-10)12(15)14-7-6-13-9(2)8-14/h4-5,9,13H,3,6-8H2,1-2H3. The number of nitrogens with one attached hydrogen (secondary N) is 1. The molecular formula is C12H18N2OS. The summed E-state index contributed by atoms with van der Waals surface area (Å²) in [6.07, 6.45) is 1.01. The van der Waals surface area contributed by atoms with E-state index < -0.39 is 0 Å². The average Bonchev–Trinajstić information content (AvgIpc) is 2.76. The van der Waals surface area contributed by atoms with Crippen LogP contribution in [-0.4, -0.2) is 36.5 Å². The summed E-state index contributed by atoms with van der Waals surface area (Å²) in [5.41, 5.74) is 0. The maximum Gasteiger partial charge on any atom is 0.264 e. The van der Waals surface area contributed by atoms with Gasteiger partial charge in [0.1, 0.15) is 0 Å². The molecule has 16 heavy (non-hydrogen) atoms. The molecular weight excluding hydrogens is 220 g/mol. The molecule has 1 aromatic heterocycles. The van der Waals surface area contributed by atoms with Gasteiger partial charge in [0.15, 0.2) is 0 Å². The van der Waals surface area contributed by atoms with Gasteiger partial charge in [0, 0.05) is 30.6 Å². The maximum absolute atomic E-state index is 12.2. The zero-order chi connectivity index (χ0) is 11.5. The second-order valence-corrected chi connectivity index (χ2v) is 5.39. The van der Waals surface area contributed by atoms with Crippen molar-refractivity contribution in [1.29, 1.82) is 0 Å². The Kier molecular flexibility index (Phi) is 3.61. The summed E-state index contributed by atoms with van der Waals surface area (Å²) in [6.45, 7) is 6.78. The zero-order valence-electron chi connectivity index (χ0n) is 9.82. The molecule has 1 aliphatic rings. The fraction of sp³-hybridized carbons (Fsp3) is 0.583. The first kappa shape index (κ1) is 11.6. The Morgan fingerprint density at radius 3 is 3.06 bits per heavy atom. The van der Waals surface area contributed by atoms with Gasteiger partial charge < -0.3 is 10.2 Å². The summed E-state index contributed by atoms with van der Waals surface area (Å²) >= 11 is 1.62. The van der Waals surface area contributed by atoms with Crippen LogP contribution in [0.1, 0.15) is 28.4 Å². The van der Waals surface area contributed by atoms with E-state index in [2.05, 4.69) is 25.2 Å². The van der Waals surface area contributed by atoms with Crippen molar-refractivity contribution in [2.45, 2.75) is 26.3 Å². The van der Waals surface area contributed by atoms with Crippen LogP contribution in [0.5, 0.6) is 0 Å². The molecule has 2 heterocycles. The van der Waals surface area contributed by atoms with Crippen LogP contribution in [0.25, 0.3) is 0 Å². The minimum Gasteiger partial charge on any atom is -0.335 e. The van der Waals surface area contributed by atoms with Gasteiger partial charge in [-0.3, -0.25) is 4.79 Å². The fourth-order valence-corrected chi connectivity index (χ4v) is 2.87.